The van der Waals surface area contributed by atoms with Crippen molar-refractivity contribution in [2.45, 2.75) is 46.8 Å². The van der Waals surface area contributed by atoms with Gasteiger partial charge in [0.05, 0.1) is 6.20 Å². The Morgan fingerprint density at radius 1 is 1.22 bits per heavy atom. The lowest BCUT2D eigenvalue weighted by molar-refractivity contribution is 0.0946. The Morgan fingerprint density at radius 2 is 1.97 bits per heavy atom. The molecule has 3 heterocycles. The van der Waals surface area contributed by atoms with Crippen molar-refractivity contribution in [2.24, 2.45) is 0 Å². The van der Waals surface area contributed by atoms with Crippen LogP contribution in [0.4, 0.5) is 0 Å². The molecule has 9 heteroatoms. The maximum atomic E-state index is 12.8. The van der Waals surface area contributed by atoms with Gasteiger partial charge in [-0.15, -0.1) is 0 Å². The highest BCUT2D eigenvalue weighted by molar-refractivity contribution is 5.95. The van der Waals surface area contributed by atoms with E-state index in [0.29, 0.717) is 36.5 Å². The summed E-state index contributed by atoms with van der Waals surface area (Å²) in [7, 11) is 3.92. The van der Waals surface area contributed by atoms with Crippen molar-refractivity contribution in [3.05, 3.63) is 56.8 Å². The fourth-order valence-electron chi connectivity index (χ4n) is 3.63. The van der Waals surface area contributed by atoms with Gasteiger partial charge >= 0.3 is 0 Å². The summed E-state index contributed by atoms with van der Waals surface area (Å²) in [4.78, 5) is 34.5. The minimum atomic E-state index is -0.211. The summed E-state index contributed by atoms with van der Waals surface area (Å²) in [5.74, 6) is -0.211. The second kappa shape index (κ2) is 10.1. The molecule has 3 N–H and O–H groups in total. The highest BCUT2D eigenvalue weighted by atomic mass is 16.2. The number of hydrogen-bond acceptors (Lipinski definition) is 6. The van der Waals surface area contributed by atoms with E-state index in [2.05, 4.69) is 25.7 Å². The maximum absolute atomic E-state index is 12.8. The number of aromatic amines is 1. The molecule has 32 heavy (non-hydrogen) atoms. The van der Waals surface area contributed by atoms with Crippen LogP contribution in [-0.4, -0.2) is 57.7 Å². The Labute approximate surface area is 188 Å². The van der Waals surface area contributed by atoms with Gasteiger partial charge in [0.2, 0.25) is 0 Å². The van der Waals surface area contributed by atoms with Crippen LogP contribution in [0.1, 0.15) is 52.8 Å². The average Bonchev–Trinajstić information content (AvgIpc) is 3.13. The number of hydrogen-bond donors (Lipinski definition) is 3. The van der Waals surface area contributed by atoms with Gasteiger partial charge in [-0.1, -0.05) is 0 Å². The second-order valence-corrected chi connectivity index (χ2v) is 8.69. The number of pyridine rings is 2. The van der Waals surface area contributed by atoms with E-state index in [1.165, 1.54) is 0 Å². The van der Waals surface area contributed by atoms with Gasteiger partial charge in [-0.2, -0.15) is 5.10 Å². The average molecular weight is 440 g/mol. The van der Waals surface area contributed by atoms with Crippen molar-refractivity contribution in [3.8, 4) is 0 Å². The molecule has 0 bridgehead atoms. The third kappa shape index (κ3) is 5.41. The Morgan fingerprint density at radius 3 is 2.62 bits per heavy atom. The number of aryl methyl sites for hydroxylation is 2. The molecule has 0 aromatic carbocycles. The first-order valence-electron chi connectivity index (χ1n) is 10.9. The molecule has 0 radical (unpaired) electrons. The van der Waals surface area contributed by atoms with Crippen LogP contribution in [0.25, 0.3) is 11.0 Å². The van der Waals surface area contributed by atoms with Gasteiger partial charge in [0.15, 0.2) is 5.65 Å². The first kappa shape index (κ1) is 23.6. The van der Waals surface area contributed by atoms with Gasteiger partial charge in [-0.25, -0.2) is 9.67 Å². The van der Waals surface area contributed by atoms with Crippen LogP contribution in [0, 0.1) is 13.8 Å². The zero-order chi connectivity index (χ0) is 23.4. The van der Waals surface area contributed by atoms with Crippen LogP contribution < -0.4 is 16.2 Å². The number of fused-ring (bicyclic) bond motifs is 1. The first-order chi connectivity index (χ1) is 15.2. The number of rotatable bonds is 9. The van der Waals surface area contributed by atoms with E-state index in [0.717, 1.165) is 28.8 Å². The van der Waals surface area contributed by atoms with Gasteiger partial charge in [0, 0.05) is 48.9 Å². The first-order valence-corrected chi connectivity index (χ1v) is 10.9. The zero-order valence-corrected chi connectivity index (χ0v) is 19.7. The normalized spacial score (nSPS) is 11.6. The highest BCUT2D eigenvalue weighted by Gasteiger charge is 2.17. The number of nitrogens with one attached hydrogen (secondary N) is 3. The van der Waals surface area contributed by atoms with Crippen molar-refractivity contribution in [1.82, 2.24) is 35.3 Å². The van der Waals surface area contributed by atoms with Crippen molar-refractivity contribution >= 4 is 16.9 Å². The van der Waals surface area contributed by atoms with Crippen LogP contribution in [0.3, 0.4) is 0 Å². The summed E-state index contributed by atoms with van der Waals surface area (Å²) < 4.78 is 1.82. The number of likely N-dealkylation sites (N-methyl/N-ethyl adjacent to an activating group) is 1. The second-order valence-electron chi connectivity index (χ2n) is 8.69. The van der Waals surface area contributed by atoms with Crippen LogP contribution in [0.5, 0.6) is 0 Å². The minimum Gasteiger partial charge on any atom is -0.349 e. The van der Waals surface area contributed by atoms with Crippen molar-refractivity contribution in [1.29, 1.82) is 0 Å². The molecule has 3 aromatic heterocycles. The number of H-pyrrole nitrogens is 1. The van der Waals surface area contributed by atoms with Gasteiger partial charge < -0.3 is 20.5 Å². The molecule has 0 spiro atoms. The number of aromatic nitrogens is 4. The van der Waals surface area contributed by atoms with Gasteiger partial charge in [0.25, 0.3) is 11.5 Å². The minimum absolute atomic E-state index is 0.0801. The summed E-state index contributed by atoms with van der Waals surface area (Å²) in [5.41, 5.74) is 4.39. The van der Waals surface area contributed by atoms with Crippen LogP contribution in [0.2, 0.25) is 0 Å². The molecule has 0 aliphatic heterocycles. The lowest BCUT2D eigenvalue weighted by atomic mass is 10.1. The van der Waals surface area contributed by atoms with E-state index in [1.807, 2.05) is 57.4 Å². The maximum Gasteiger partial charge on any atom is 0.270 e. The number of carbonyl (C=O) groups excluding carboxylic acids is 1. The third-order valence-corrected chi connectivity index (χ3v) is 5.33. The molecule has 3 aromatic rings. The van der Waals surface area contributed by atoms with E-state index in [-0.39, 0.29) is 17.5 Å². The Bertz CT molecular complexity index is 1160. The summed E-state index contributed by atoms with van der Waals surface area (Å²) in [6.07, 6.45) is 1.79. The largest absolute Gasteiger partial charge is 0.349 e. The Balaban J connectivity index is 1.86. The standard InChI is InChI=1S/C23H33N7O2/c1-14(2)30-21-19(13-26-30)17(10-20(28-21)23(32)25-7-8-29(5)6)11-24-12-18-15(3)9-16(4)27-22(18)31/h9-10,13-14,24H,7-8,11-12H2,1-6H3,(H,25,32)(H,27,31). The smallest absolute Gasteiger partial charge is 0.270 e. The number of carbonyl (C=O) groups is 1. The van der Waals surface area contributed by atoms with Crippen LogP contribution >= 0.6 is 0 Å². The molecule has 0 aliphatic carbocycles. The third-order valence-electron chi connectivity index (χ3n) is 5.33. The van der Waals surface area contributed by atoms with Crippen molar-refractivity contribution in [2.75, 3.05) is 27.2 Å². The monoisotopic (exact) mass is 439 g/mol. The van der Waals surface area contributed by atoms with Crippen LogP contribution in [0.15, 0.2) is 23.1 Å². The van der Waals surface area contributed by atoms with Crippen molar-refractivity contribution < 1.29 is 4.79 Å². The topological polar surface area (TPSA) is 108 Å². The lowest BCUT2D eigenvalue weighted by Gasteiger charge is -2.13. The van der Waals surface area contributed by atoms with Crippen LogP contribution in [-0.2, 0) is 13.1 Å². The molecule has 0 saturated heterocycles. The SMILES string of the molecule is Cc1cc(C)c(CNCc2cc(C(=O)NCCN(C)C)nc3c2cnn3C(C)C)c(=O)[nH]1. The van der Waals surface area contributed by atoms with E-state index in [1.54, 1.807) is 12.3 Å². The van der Waals surface area contributed by atoms with E-state index < -0.39 is 0 Å². The summed E-state index contributed by atoms with van der Waals surface area (Å²) in [5, 5.41) is 11.6. The fourth-order valence-corrected chi connectivity index (χ4v) is 3.63. The van der Waals surface area contributed by atoms with E-state index >= 15 is 0 Å². The molecule has 0 unspecified atom stereocenters. The molecule has 0 fully saturated rings. The van der Waals surface area contributed by atoms with Crippen molar-refractivity contribution in [3.63, 3.8) is 0 Å². The molecule has 172 valence electrons. The molecule has 3 rings (SSSR count). The summed E-state index contributed by atoms with van der Waals surface area (Å²) >= 11 is 0. The number of amides is 1. The predicted molar refractivity (Wildman–Crippen MR) is 126 cm³/mol. The number of nitrogens with zero attached hydrogens (tertiary/aromatic N) is 4. The summed E-state index contributed by atoms with van der Waals surface area (Å²) in [6.45, 7) is 10.1. The Kier molecular flexibility index (Phi) is 7.42. The molecule has 0 saturated carbocycles. The Hall–Kier alpha value is -3.04. The van der Waals surface area contributed by atoms with Gasteiger partial charge in [-0.05, 0) is 65.0 Å². The van der Waals surface area contributed by atoms with E-state index in [9.17, 15) is 9.59 Å². The highest BCUT2D eigenvalue weighted by Crippen LogP contribution is 2.21. The molecular weight excluding hydrogens is 406 g/mol. The predicted octanol–water partition coefficient (Wildman–Crippen LogP) is 1.90. The van der Waals surface area contributed by atoms with Gasteiger partial charge in [0.1, 0.15) is 5.69 Å². The lowest BCUT2D eigenvalue weighted by Crippen LogP contribution is -2.32. The fraction of sp³-hybridized carbons (Fsp3) is 0.478. The molecule has 0 aliphatic rings. The quantitative estimate of drug-likeness (QED) is 0.470. The molecule has 1 amide bonds. The van der Waals surface area contributed by atoms with E-state index in [4.69, 9.17) is 0 Å². The zero-order valence-electron chi connectivity index (χ0n) is 19.7. The molecule has 0 atom stereocenters. The molecular formula is C23H33N7O2. The summed E-state index contributed by atoms with van der Waals surface area (Å²) in [6, 6.07) is 3.88. The molecule has 9 nitrogen and oxygen atoms in total. The van der Waals surface area contributed by atoms with Gasteiger partial charge in [-0.3, -0.25) is 9.59 Å².